The van der Waals surface area contributed by atoms with E-state index in [4.69, 9.17) is 0 Å². The second-order valence-corrected chi connectivity index (χ2v) is 9.47. The molecule has 2 aromatic heterocycles. The lowest BCUT2D eigenvalue weighted by Crippen LogP contribution is -2.30. The van der Waals surface area contributed by atoms with Gasteiger partial charge in [-0.2, -0.15) is 4.31 Å². The van der Waals surface area contributed by atoms with E-state index in [1.54, 1.807) is 0 Å². The summed E-state index contributed by atoms with van der Waals surface area (Å²) in [5, 5.41) is 8.56. The van der Waals surface area contributed by atoms with Gasteiger partial charge >= 0.3 is 0 Å². The van der Waals surface area contributed by atoms with Crippen LogP contribution in [0.15, 0.2) is 6.20 Å². The van der Waals surface area contributed by atoms with Crippen molar-refractivity contribution in [2.24, 2.45) is 7.05 Å². The van der Waals surface area contributed by atoms with Gasteiger partial charge in [-0.3, -0.25) is 0 Å². The highest BCUT2D eigenvalue weighted by atomic mass is 32.2. The summed E-state index contributed by atoms with van der Waals surface area (Å²) < 4.78 is 30.2. The Hall–Kier alpha value is -1.74. The van der Waals surface area contributed by atoms with Crippen molar-refractivity contribution in [1.29, 1.82) is 0 Å². The Morgan fingerprint density at radius 3 is 2.65 bits per heavy atom. The standard InChI is InChI=1S/C17H26N6O2S/c1-21-16(19-20-17(21)13-6-5-7-13)12-23(26(2,24)25)11-14-10-22-9-4-3-8-15(22)18-14/h10,13H,3-9,11-12H2,1-2H3. The molecule has 0 unspecified atom stereocenters. The van der Waals surface area contributed by atoms with Crippen LogP contribution in [0.25, 0.3) is 0 Å². The molecule has 1 saturated carbocycles. The fraction of sp³-hybridized carbons (Fsp3) is 0.706. The second-order valence-electron chi connectivity index (χ2n) is 7.49. The molecule has 0 N–H and O–H groups in total. The summed E-state index contributed by atoms with van der Waals surface area (Å²) in [7, 11) is -1.45. The minimum atomic E-state index is -3.38. The molecule has 0 aromatic carbocycles. The van der Waals surface area contributed by atoms with Gasteiger partial charge in [0.15, 0.2) is 0 Å². The van der Waals surface area contributed by atoms with Crippen molar-refractivity contribution in [2.75, 3.05) is 6.26 Å². The highest BCUT2D eigenvalue weighted by Gasteiger charge is 2.27. The van der Waals surface area contributed by atoms with E-state index in [1.807, 2.05) is 17.8 Å². The van der Waals surface area contributed by atoms with Crippen LogP contribution in [0.3, 0.4) is 0 Å². The van der Waals surface area contributed by atoms with Crippen LogP contribution in [0.4, 0.5) is 0 Å². The lowest BCUT2D eigenvalue weighted by atomic mass is 9.85. The Morgan fingerprint density at radius 2 is 2.00 bits per heavy atom. The van der Waals surface area contributed by atoms with E-state index in [0.29, 0.717) is 11.7 Å². The SMILES string of the molecule is Cn1c(CN(Cc2cn3c(n2)CCCC3)S(C)(=O)=O)nnc1C1CCC1. The van der Waals surface area contributed by atoms with Crippen molar-refractivity contribution in [3.63, 3.8) is 0 Å². The molecule has 0 bridgehead atoms. The predicted octanol–water partition coefficient (Wildman–Crippen LogP) is 1.58. The molecule has 0 radical (unpaired) electrons. The van der Waals surface area contributed by atoms with E-state index in [0.717, 1.165) is 56.0 Å². The van der Waals surface area contributed by atoms with Crippen molar-refractivity contribution in [2.45, 2.75) is 64.1 Å². The van der Waals surface area contributed by atoms with Gasteiger partial charge in [-0.05, 0) is 25.7 Å². The van der Waals surface area contributed by atoms with Crippen LogP contribution in [0.2, 0.25) is 0 Å². The van der Waals surface area contributed by atoms with E-state index in [-0.39, 0.29) is 13.1 Å². The molecule has 3 heterocycles. The van der Waals surface area contributed by atoms with Gasteiger partial charge < -0.3 is 9.13 Å². The maximum Gasteiger partial charge on any atom is 0.211 e. The normalized spacial score (nSPS) is 18.1. The van der Waals surface area contributed by atoms with E-state index in [2.05, 4.69) is 19.7 Å². The first-order chi connectivity index (χ1) is 12.4. The van der Waals surface area contributed by atoms with Gasteiger partial charge in [0.25, 0.3) is 0 Å². The largest absolute Gasteiger partial charge is 0.335 e. The van der Waals surface area contributed by atoms with Crippen molar-refractivity contribution >= 4 is 10.0 Å². The highest BCUT2D eigenvalue weighted by molar-refractivity contribution is 7.88. The fourth-order valence-electron chi connectivity index (χ4n) is 3.71. The average Bonchev–Trinajstić information content (AvgIpc) is 3.09. The van der Waals surface area contributed by atoms with Gasteiger partial charge in [-0.15, -0.1) is 10.2 Å². The van der Waals surface area contributed by atoms with Crippen molar-refractivity contribution in [3.05, 3.63) is 29.4 Å². The third-order valence-corrected chi connectivity index (χ3v) is 6.75. The predicted molar refractivity (Wildman–Crippen MR) is 96.9 cm³/mol. The van der Waals surface area contributed by atoms with Crippen molar-refractivity contribution in [1.82, 2.24) is 28.6 Å². The molecular weight excluding hydrogens is 352 g/mol. The minimum absolute atomic E-state index is 0.219. The Labute approximate surface area is 154 Å². The molecule has 0 atom stereocenters. The van der Waals surface area contributed by atoms with Crippen molar-refractivity contribution < 1.29 is 8.42 Å². The first-order valence-electron chi connectivity index (χ1n) is 9.30. The average molecular weight is 379 g/mol. The quantitative estimate of drug-likeness (QED) is 0.762. The second kappa shape index (κ2) is 6.77. The Balaban J connectivity index is 1.54. The van der Waals surface area contributed by atoms with Crippen LogP contribution in [0, 0.1) is 0 Å². The molecule has 2 aromatic rings. The first kappa shape index (κ1) is 17.7. The lowest BCUT2D eigenvalue weighted by molar-refractivity contribution is 0.376. The number of aryl methyl sites for hydroxylation is 2. The molecule has 1 aliphatic heterocycles. The third-order valence-electron chi connectivity index (χ3n) is 5.55. The Kier molecular flexibility index (Phi) is 4.60. The number of nitrogens with zero attached hydrogens (tertiary/aromatic N) is 6. The van der Waals surface area contributed by atoms with Crippen LogP contribution >= 0.6 is 0 Å². The number of aromatic nitrogens is 5. The van der Waals surface area contributed by atoms with Gasteiger partial charge in [0.2, 0.25) is 10.0 Å². The van der Waals surface area contributed by atoms with Crippen LogP contribution in [0.1, 0.15) is 61.2 Å². The highest BCUT2D eigenvalue weighted by Crippen LogP contribution is 2.35. The fourth-order valence-corrected chi connectivity index (χ4v) is 4.43. The Bertz CT molecular complexity index is 873. The number of imidazole rings is 1. The van der Waals surface area contributed by atoms with Gasteiger partial charge in [0.1, 0.15) is 17.5 Å². The summed E-state index contributed by atoms with van der Waals surface area (Å²) in [4.78, 5) is 4.64. The molecule has 26 heavy (non-hydrogen) atoms. The summed E-state index contributed by atoms with van der Waals surface area (Å²) in [6.45, 7) is 1.46. The van der Waals surface area contributed by atoms with Gasteiger partial charge in [0.05, 0.1) is 25.0 Å². The molecule has 0 amide bonds. The molecule has 4 rings (SSSR count). The third kappa shape index (κ3) is 3.42. The summed E-state index contributed by atoms with van der Waals surface area (Å²) in [6.07, 6.45) is 10.0. The summed E-state index contributed by atoms with van der Waals surface area (Å²) in [5.41, 5.74) is 0.800. The summed E-state index contributed by atoms with van der Waals surface area (Å²) in [5.74, 6) is 3.18. The molecule has 1 fully saturated rings. The maximum atomic E-state index is 12.3. The monoisotopic (exact) mass is 378 g/mol. The number of rotatable bonds is 6. The van der Waals surface area contributed by atoms with Crippen LogP contribution < -0.4 is 0 Å². The zero-order valence-electron chi connectivity index (χ0n) is 15.4. The van der Waals surface area contributed by atoms with Crippen LogP contribution in [-0.4, -0.2) is 43.3 Å². The molecule has 8 nitrogen and oxygen atoms in total. The summed E-state index contributed by atoms with van der Waals surface area (Å²) >= 11 is 0. The molecule has 0 spiro atoms. The molecule has 9 heteroatoms. The van der Waals surface area contributed by atoms with Crippen molar-refractivity contribution in [3.8, 4) is 0 Å². The maximum absolute atomic E-state index is 12.3. The molecule has 2 aliphatic rings. The van der Waals surface area contributed by atoms with Gasteiger partial charge in [-0.1, -0.05) is 6.42 Å². The molecule has 0 saturated heterocycles. The molecule has 1 aliphatic carbocycles. The van der Waals surface area contributed by atoms with E-state index in [1.165, 1.54) is 17.0 Å². The van der Waals surface area contributed by atoms with E-state index < -0.39 is 10.0 Å². The van der Waals surface area contributed by atoms with Crippen LogP contribution in [-0.2, 0) is 43.1 Å². The zero-order chi connectivity index (χ0) is 18.3. The Morgan fingerprint density at radius 1 is 1.19 bits per heavy atom. The van der Waals surface area contributed by atoms with E-state index >= 15 is 0 Å². The zero-order valence-corrected chi connectivity index (χ0v) is 16.2. The lowest BCUT2D eigenvalue weighted by Gasteiger charge is -2.24. The van der Waals surface area contributed by atoms with Crippen LogP contribution in [0.5, 0.6) is 0 Å². The number of hydrogen-bond acceptors (Lipinski definition) is 5. The number of hydrogen-bond donors (Lipinski definition) is 0. The smallest absolute Gasteiger partial charge is 0.211 e. The molecule has 142 valence electrons. The minimum Gasteiger partial charge on any atom is -0.335 e. The van der Waals surface area contributed by atoms with Gasteiger partial charge in [0, 0.05) is 32.1 Å². The topological polar surface area (TPSA) is 85.9 Å². The number of fused-ring (bicyclic) bond motifs is 1. The first-order valence-corrected chi connectivity index (χ1v) is 11.1. The molecular formula is C17H26N6O2S. The van der Waals surface area contributed by atoms with E-state index in [9.17, 15) is 8.42 Å². The number of sulfonamides is 1. The summed E-state index contributed by atoms with van der Waals surface area (Å²) in [6, 6.07) is 0. The van der Waals surface area contributed by atoms with Gasteiger partial charge in [-0.25, -0.2) is 13.4 Å².